The number of carbonyl (C=O) groups is 2. The Morgan fingerprint density at radius 3 is 1.92 bits per heavy atom. The van der Waals surface area contributed by atoms with Crippen molar-refractivity contribution in [2.24, 2.45) is 0 Å². The van der Waals surface area contributed by atoms with Gasteiger partial charge in [-0.15, -0.1) is 0 Å². The highest BCUT2D eigenvalue weighted by Crippen LogP contribution is 2.39. The summed E-state index contributed by atoms with van der Waals surface area (Å²) < 4.78 is 11.3. The zero-order valence-corrected chi connectivity index (χ0v) is 21.9. The van der Waals surface area contributed by atoms with Gasteiger partial charge in [0.2, 0.25) is 0 Å². The van der Waals surface area contributed by atoms with Crippen molar-refractivity contribution in [3.8, 4) is 11.5 Å². The van der Waals surface area contributed by atoms with Crippen LogP contribution in [0.1, 0.15) is 87.5 Å². The van der Waals surface area contributed by atoms with E-state index in [1.54, 1.807) is 6.07 Å². The van der Waals surface area contributed by atoms with Crippen LogP contribution in [0, 0.1) is 0 Å². The fraction of sp³-hybridized carbons (Fsp3) is 0.375. The average Bonchev–Trinajstić information content (AvgIpc) is 2.90. The largest absolute Gasteiger partial charge is 0.419 e. The lowest BCUT2D eigenvalue weighted by molar-refractivity contribution is -0.131. The van der Waals surface area contributed by atoms with Crippen LogP contribution >= 0.6 is 0 Å². The Bertz CT molecular complexity index is 1030. The van der Waals surface area contributed by atoms with Crippen molar-refractivity contribution in [3.63, 3.8) is 0 Å². The number of unbranched alkanes of at least 4 members (excludes halogenated alkanes) is 6. The summed E-state index contributed by atoms with van der Waals surface area (Å²) in [4.78, 5) is 24.5. The van der Waals surface area contributed by atoms with Crippen molar-refractivity contribution in [3.05, 3.63) is 84.0 Å². The van der Waals surface area contributed by atoms with Gasteiger partial charge in [0, 0.05) is 17.7 Å². The molecule has 0 N–H and O–H groups in total. The number of rotatable bonds is 16. The van der Waals surface area contributed by atoms with Crippen molar-refractivity contribution in [1.29, 1.82) is 0 Å². The van der Waals surface area contributed by atoms with Gasteiger partial charge in [0.15, 0.2) is 11.5 Å². The Labute approximate surface area is 216 Å². The molecule has 4 nitrogen and oxygen atoms in total. The number of ether oxygens (including phenoxy) is 2. The van der Waals surface area contributed by atoms with E-state index in [1.807, 2.05) is 30.3 Å². The maximum Gasteiger partial charge on any atom is 0.335 e. The van der Waals surface area contributed by atoms with Crippen molar-refractivity contribution in [2.75, 3.05) is 0 Å². The van der Waals surface area contributed by atoms with E-state index in [1.165, 1.54) is 6.42 Å². The van der Waals surface area contributed by atoms with Crippen molar-refractivity contribution >= 4 is 24.1 Å². The summed E-state index contributed by atoms with van der Waals surface area (Å²) in [6.07, 6.45) is 16.7. The molecule has 4 heteroatoms. The lowest BCUT2D eigenvalue weighted by Gasteiger charge is -2.20. The first-order chi connectivity index (χ1) is 17.5. The molecule has 36 heavy (non-hydrogen) atoms. The monoisotopic (exact) mass is 488 g/mol. The van der Waals surface area contributed by atoms with E-state index >= 15 is 0 Å². The van der Waals surface area contributed by atoms with E-state index in [9.17, 15) is 9.59 Å². The molecule has 0 unspecified atom stereocenters. The SMILES string of the molecule is C=CC(=O)Oc1cc(C=Cc2ccccc2)c(CCCCCC)c(CCCCCC)c1OC(=O)C=C. The summed E-state index contributed by atoms with van der Waals surface area (Å²) in [5, 5.41) is 0. The van der Waals surface area contributed by atoms with Gasteiger partial charge in [-0.25, -0.2) is 9.59 Å². The molecule has 2 aromatic carbocycles. The number of hydrogen-bond acceptors (Lipinski definition) is 4. The minimum absolute atomic E-state index is 0.227. The number of esters is 2. The van der Waals surface area contributed by atoms with Gasteiger partial charge in [0.05, 0.1) is 0 Å². The molecule has 0 atom stereocenters. The lowest BCUT2D eigenvalue weighted by Crippen LogP contribution is -2.13. The van der Waals surface area contributed by atoms with Gasteiger partial charge in [-0.1, -0.05) is 108 Å². The van der Waals surface area contributed by atoms with Crippen LogP contribution < -0.4 is 9.47 Å². The maximum absolute atomic E-state index is 12.3. The third-order valence-corrected chi connectivity index (χ3v) is 6.06. The van der Waals surface area contributed by atoms with E-state index in [0.717, 1.165) is 92.2 Å². The quantitative estimate of drug-likeness (QED) is 0.0784. The van der Waals surface area contributed by atoms with E-state index in [2.05, 4.69) is 39.2 Å². The van der Waals surface area contributed by atoms with Gasteiger partial charge in [-0.3, -0.25) is 0 Å². The van der Waals surface area contributed by atoms with Gasteiger partial charge in [0.25, 0.3) is 0 Å². The third-order valence-electron chi connectivity index (χ3n) is 6.06. The molecular formula is C32H40O4. The minimum atomic E-state index is -0.600. The summed E-state index contributed by atoms with van der Waals surface area (Å²) in [5.74, 6) is -0.638. The summed E-state index contributed by atoms with van der Waals surface area (Å²) in [6.45, 7) is 11.4. The Balaban J connectivity index is 2.67. The first-order valence-electron chi connectivity index (χ1n) is 13.1. The van der Waals surface area contributed by atoms with Crippen LogP contribution in [-0.2, 0) is 22.4 Å². The second-order valence-electron chi connectivity index (χ2n) is 8.87. The molecule has 0 saturated carbocycles. The first-order valence-corrected chi connectivity index (χ1v) is 13.1. The number of carbonyl (C=O) groups excluding carboxylic acids is 2. The Kier molecular flexibility index (Phi) is 13.1. The number of hydrogen-bond donors (Lipinski definition) is 0. The minimum Gasteiger partial charge on any atom is -0.419 e. The standard InChI is InChI=1S/C32H40O4/c1-5-9-11-16-20-27-26(23-22-25-18-14-13-15-19-25)24-29(35-30(33)7-3)32(36-31(34)8-4)28(27)21-17-12-10-6-2/h7-8,13-15,18-19,22-24H,3-6,9-12,16-17,20-21H2,1-2H3. The van der Waals surface area contributed by atoms with Crippen molar-refractivity contribution < 1.29 is 19.1 Å². The van der Waals surface area contributed by atoms with Crippen LogP contribution in [-0.4, -0.2) is 11.9 Å². The average molecular weight is 489 g/mol. The highest BCUT2D eigenvalue weighted by atomic mass is 16.6. The molecule has 2 rings (SSSR count). The maximum atomic E-state index is 12.3. The Morgan fingerprint density at radius 1 is 0.750 bits per heavy atom. The molecule has 0 saturated heterocycles. The smallest absolute Gasteiger partial charge is 0.335 e. The molecule has 0 bridgehead atoms. The molecule has 0 heterocycles. The lowest BCUT2D eigenvalue weighted by atomic mass is 9.90. The molecule has 0 aliphatic carbocycles. The predicted octanol–water partition coefficient (Wildman–Crippen LogP) is 8.29. The zero-order chi connectivity index (χ0) is 26.2. The van der Waals surface area contributed by atoms with E-state index in [-0.39, 0.29) is 5.75 Å². The Hall–Kier alpha value is -3.40. The first kappa shape index (κ1) is 28.8. The van der Waals surface area contributed by atoms with Gasteiger partial charge < -0.3 is 9.47 Å². The molecule has 0 aliphatic heterocycles. The molecular weight excluding hydrogens is 448 g/mol. The highest BCUT2D eigenvalue weighted by Gasteiger charge is 2.22. The van der Waals surface area contributed by atoms with Crippen LogP contribution in [0.2, 0.25) is 0 Å². The fourth-order valence-electron chi connectivity index (χ4n) is 4.15. The molecule has 0 amide bonds. The normalized spacial score (nSPS) is 10.8. The molecule has 0 spiro atoms. The van der Waals surface area contributed by atoms with Crippen molar-refractivity contribution in [2.45, 2.75) is 78.1 Å². The molecule has 2 aromatic rings. The highest BCUT2D eigenvalue weighted by molar-refractivity contribution is 5.87. The molecule has 0 fully saturated rings. The van der Waals surface area contributed by atoms with Crippen LogP contribution in [0.4, 0.5) is 0 Å². The molecule has 192 valence electrons. The van der Waals surface area contributed by atoms with E-state index in [4.69, 9.17) is 9.47 Å². The van der Waals surface area contributed by atoms with Crippen LogP contribution in [0.15, 0.2) is 61.7 Å². The zero-order valence-electron chi connectivity index (χ0n) is 21.9. The van der Waals surface area contributed by atoms with Crippen LogP contribution in [0.25, 0.3) is 12.2 Å². The van der Waals surface area contributed by atoms with Gasteiger partial charge >= 0.3 is 11.9 Å². The van der Waals surface area contributed by atoms with Crippen LogP contribution in [0.3, 0.4) is 0 Å². The fourth-order valence-corrected chi connectivity index (χ4v) is 4.15. The van der Waals surface area contributed by atoms with E-state index in [0.29, 0.717) is 5.75 Å². The second-order valence-corrected chi connectivity index (χ2v) is 8.87. The van der Waals surface area contributed by atoms with Gasteiger partial charge in [-0.2, -0.15) is 0 Å². The van der Waals surface area contributed by atoms with Crippen LogP contribution in [0.5, 0.6) is 11.5 Å². The molecule has 0 aliphatic rings. The Morgan fingerprint density at radius 2 is 1.33 bits per heavy atom. The molecule has 0 aromatic heterocycles. The summed E-state index contributed by atoms with van der Waals surface area (Å²) in [6, 6.07) is 11.9. The predicted molar refractivity (Wildman–Crippen MR) is 149 cm³/mol. The van der Waals surface area contributed by atoms with Crippen molar-refractivity contribution in [1.82, 2.24) is 0 Å². The summed E-state index contributed by atoms with van der Waals surface area (Å²) in [5.41, 5.74) is 4.11. The summed E-state index contributed by atoms with van der Waals surface area (Å²) in [7, 11) is 0. The topological polar surface area (TPSA) is 52.6 Å². The van der Waals surface area contributed by atoms with Gasteiger partial charge in [0.1, 0.15) is 0 Å². The third kappa shape index (κ3) is 9.33. The number of benzene rings is 2. The van der Waals surface area contributed by atoms with E-state index < -0.39 is 11.9 Å². The summed E-state index contributed by atoms with van der Waals surface area (Å²) >= 11 is 0. The second kappa shape index (κ2) is 16.3. The molecule has 0 radical (unpaired) electrons. The van der Waals surface area contributed by atoms with Gasteiger partial charge in [-0.05, 0) is 48.4 Å².